The molecule has 2 aromatic heterocycles. The van der Waals surface area contributed by atoms with Crippen LogP contribution in [0, 0.1) is 0 Å². The maximum Gasteiger partial charge on any atom is 0.416 e. The second-order valence-electron chi connectivity index (χ2n) is 6.40. The number of hydrogen-bond donors (Lipinski definition) is 0. The van der Waals surface area contributed by atoms with Crippen molar-refractivity contribution in [1.29, 1.82) is 0 Å². The van der Waals surface area contributed by atoms with Crippen molar-refractivity contribution in [3.8, 4) is 11.4 Å². The van der Waals surface area contributed by atoms with E-state index in [9.17, 15) is 13.2 Å². The molecule has 0 saturated carbocycles. The summed E-state index contributed by atoms with van der Waals surface area (Å²) in [5.41, 5.74) is -0.228. The summed E-state index contributed by atoms with van der Waals surface area (Å²) in [5, 5.41) is 3.88. The molecule has 1 fully saturated rings. The monoisotopic (exact) mass is 390 g/mol. The number of anilines is 1. The molecule has 0 atom stereocenters. The summed E-state index contributed by atoms with van der Waals surface area (Å²) in [6.45, 7) is 3.62. The third kappa shape index (κ3) is 4.11. The standard InChI is InChI=1S/C18H17F3N6O/c19-18(20,21)14-4-2-13(3-5-14)16-24-15(28-25-16)12-26-8-10-27(11-9-26)17-22-6-1-7-23-17/h1-7H,8-12H2. The van der Waals surface area contributed by atoms with E-state index in [4.69, 9.17) is 4.52 Å². The number of nitrogens with zero attached hydrogens (tertiary/aromatic N) is 6. The van der Waals surface area contributed by atoms with Gasteiger partial charge in [0.15, 0.2) is 0 Å². The van der Waals surface area contributed by atoms with Gasteiger partial charge in [-0.1, -0.05) is 17.3 Å². The van der Waals surface area contributed by atoms with Gasteiger partial charge in [-0.25, -0.2) is 9.97 Å². The van der Waals surface area contributed by atoms with Crippen LogP contribution in [0.25, 0.3) is 11.4 Å². The van der Waals surface area contributed by atoms with Gasteiger partial charge in [-0.3, -0.25) is 4.90 Å². The number of benzene rings is 1. The number of aromatic nitrogens is 4. The summed E-state index contributed by atoms with van der Waals surface area (Å²) in [4.78, 5) is 17.1. The average Bonchev–Trinajstić information content (AvgIpc) is 3.17. The molecule has 0 N–H and O–H groups in total. The van der Waals surface area contributed by atoms with Crippen molar-refractivity contribution >= 4 is 5.95 Å². The first-order chi connectivity index (χ1) is 13.5. The van der Waals surface area contributed by atoms with Gasteiger partial charge in [0.2, 0.25) is 17.7 Å². The zero-order chi connectivity index (χ0) is 19.6. The van der Waals surface area contributed by atoms with Crippen molar-refractivity contribution in [2.24, 2.45) is 0 Å². The Morgan fingerprint density at radius 3 is 2.29 bits per heavy atom. The van der Waals surface area contributed by atoms with E-state index in [0.717, 1.165) is 38.3 Å². The van der Waals surface area contributed by atoms with Gasteiger partial charge in [0.25, 0.3) is 0 Å². The Kier molecular flexibility index (Phi) is 4.95. The predicted molar refractivity (Wildman–Crippen MR) is 94.3 cm³/mol. The van der Waals surface area contributed by atoms with E-state index < -0.39 is 11.7 Å². The highest BCUT2D eigenvalue weighted by Crippen LogP contribution is 2.30. The summed E-state index contributed by atoms with van der Waals surface area (Å²) in [7, 11) is 0. The first-order valence-electron chi connectivity index (χ1n) is 8.73. The molecule has 0 aliphatic carbocycles. The lowest BCUT2D eigenvalue weighted by Crippen LogP contribution is -2.46. The smallest absolute Gasteiger partial charge is 0.338 e. The zero-order valence-electron chi connectivity index (χ0n) is 14.8. The van der Waals surface area contributed by atoms with E-state index in [0.29, 0.717) is 23.9 Å². The highest BCUT2D eigenvalue weighted by Gasteiger charge is 2.30. The van der Waals surface area contributed by atoms with Crippen molar-refractivity contribution in [2.75, 3.05) is 31.1 Å². The Morgan fingerprint density at radius 2 is 1.64 bits per heavy atom. The van der Waals surface area contributed by atoms with Crippen molar-refractivity contribution in [2.45, 2.75) is 12.7 Å². The number of piperazine rings is 1. The molecule has 0 spiro atoms. The van der Waals surface area contributed by atoms with Crippen molar-refractivity contribution in [1.82, 2.24) is 25.0 Å². The van der Waals surface area contributed by atoms with Gasteiger partial charge in [-0.15, -0.1) is 0 Å². The normalized spacial score (nSPS) is 15.8. The number of hydrogen-bond acceptors (Lipinski definition) is 7. The molecule has 3 heterocycles. The highest BCUT2D eigenvalue weighted by atomic mass is 19.4. The lowest BCUT2D eigenvalue weighted by Gasteiger charge is -2.33. The molecule has 1 aliphatic heterocycles. The number of rotatable bonds is 4. The van der Waals surface area contributed by atoms with E-state index in [1.807, 2.05) is 0 Å². The van der Waals surface area contributed by atoms with Crippen LogP contribution in [-0.4, -0.2) is 51.2 Å². The van der Waals surface area contributed by atoms with Crippen LogP contribution in [-0.2, 0) is 12.7 Å². The quantitative estimate of drug-likeness (QED) is 0.678. The minimum atomic E-state index is -4.37. The van der Waals surface area contributed by atoms with Gasteiger partial charge in [0.05, 0.1) is 12.1 Å². The number of alkyl halides is 3. The minimum absolute atomic E-state index is 0.278. The van der Waals surface area contributed by atoms with Gasteiger partial charge in [0, 0.05) is 44.1 Å². The first-order valence-corrected chi connectivity index (χ1v) is 8.73. The molecule has 1 saturated heterocycles. The van der Waals surface area contributed by atoms with E-state index in [2.05, 4.69) is 29.9 Å². The third-order valence-corrected chi connectivity index (χ3v) is 4.50. The Balaban J connectivity index is 1.35. The lowest BCUT2D eigenvalue weighted by atomic mass is 10.1. The summed E-state index contributed by atoms with van der Waals surface area (Å²) < 4.78 is 43.2. The number of halogens is 3. The van der Waals surface area contributed by atoms with Gasteiger partial charge < -0.3 is 9.42 Å². The molecule has 146 valence electrons. The molecule has 0 unspecified atom stereocenters. The Labute approximate surface area is 158 Å². The van der Waals surface area contributed by atoms with Gasteiger partial charge in [-0.05, 0) is 18.2 Å². The van der Waals surface area contributed by atoms with Gasteiger partial charge in [0.1, 0.15) is 0 Å². The van der Waals surface area contributed by atoms with Crippen LogP contribution < -0.4 is 4.90 Å². The van der Waals surface area contributed by atoms with E-state index in [1.165, 1.54) is 12.1 Å². The summed E-state index contributed by atoms with van der Waals surface area (Å²) in [5.74, 6) is 1.42. The fraction of sp³-hybridized carbons (Fsp3) is 0.333. The van der Waals surface area contributed by atoms with Crippen LogP contribution in [0.1, 0.15) is 11.5 Å². The van der Waals surface area contributed by atoms with Gasteiger partial charge >= 0.3 is 6.18 Å². The second-order valence-corrected chi connectivity index (χ2v) is 6.40. The molecule has 7 nitrogen and oxygen atoms in total. The molecule has 28 heavy (non-hydrogen) atoms. The van der Waals surface area contributed by atoms with Crippen LogP contribution in [0.4, 0.5) is 19.1 Å². The minimum Gasteiger partial charge on any atom is -0.338 e. The topological polar surface area (TPSA) is 71.2 Å². The lowest BCUT2D eigenvalue weighted by molar-refractivity contribution is -0.137. The third-order valence-electron chi connectivity index (χ3n) is 4.50. The van der Waals surface area contributed by atoms with E-state index in [-0.39, 0.29) is 5.82 Å². The molecule has 0 amide bonds. The fourth-order valence-corrected chi connectivity index (χ4v) is 3.00. The average molecular weight is 390 g/mol. The largest absolute Gasteiger partial charge is 0.416 e. The maximum atomic E-state index is 12.7. The van der Waals surface area contributed by atoms with Crippen LogP contribution in [0.15, 0.2) is 47.2 Å². The Bertz CT molecular complexity index is 905. The summed E-state index contributed by atoms with van der Waals surface area (Å²) >= 11 is 0. The van der Waals surface area contributed by atoms with Crippen molar-refractivity contribution < 1.29 is 17.7 Å². The maximum absolute atomic E-state index is 12.7. The second kappa shape index (κ2) is 7.55. The van der Waals surface area contributed by atoms with Crippen LogP contribution >= 0.6 is 0 Å². The van der Waals surface area contributed by atoms with Crippen LogP contribution in [0.2, 0.25) is 0 Å². The molecular formula is C18H17F3N6O. The SMILES string of the molecule is FC(F)(F)c1ccc(-c2noc(CN3CCN(c4ncccn4)CC3)n2)cc1. The molecule has 1 aliphatic rings. The highest BCUT2D eigenvalue weighted by molar-refractivity contribution is 5.54. The predicted octanol–water partition coefficient (Wildman–Crippen LogP) is 2.87. The van der Waals surface area contributed by atoms with E-state index >= 15 is 0 Å². The molecule has 0 bridgehead atoms. The molecule has 10 heteroatoms. The summed E-state index contributed by atoms with van der Waals surface area (Å²) in [6.07, 6.45) is -0.931. The van der Waals surface area contributed by atoms with Crippen molar-refractivity contribution in [3.05, 3.63) is 54.2 Å². The first kappa shape index (κ1) is 18.4. The molecule has 4 rings (SSSR count). The Hall–Kier alpha value is -3.01. The van der Waals surface area contributed by atoms with E-state index in [1.54, 1.807) is 18.5 Å². The zero-order valence-corrected chi connectivity index (χ0v) is 14.8. The molecule has 1 aromatic carbocycles. The Morgan fingerprint density at radius 1 is 0.964 bits per heavy atom. The van der Waals surface area contributed by atoms with Crippen LogP contribution in [0.3, 0.4) is 0 Å². The van der Waals surface area contributed by atoms with Gasteiger partial charge in [-0.2, -0.15) is 18.2 Å². The molecular weight excluding hydrogens is 373 g/mol. The summed E-state index contributed by atoms with van der Waals surface area (Å²) in [6, 6.07) is 6.49. The molecule has 0 radical (unpaired) electrons. The van der Waals surface area contributed by atoms with Crippen molar-refractivity contribution in [3.63, 3.8) is 0 Å². The molecule has 3 aromatic rings. The fourth-order valence-electron chi connectivity index (χ4n) is 3.00. The van der Waals surface area contributed by atoms with Crippen LogP contribution in [0.5, 0.6) is 0 Å².